The summed E-state index contributed by atoms with van der Waals surface area (Å²) < 4.78 is 14.0. The molecule has 0 amide bonds. The maximum absolute atomic E-state index is 14.0. The molecule has 1 N–H and O–H groups in total. The van der Waals surface area contributed by atoms with Crippen LogP contribution in [0.1, 0.15) is 38.8 Å². The van der Waals surface area contributed by atoms with E-state index in [4.69, 9.17) is 11.6 Å². The molecular formula is C18H21ClFN. The second-order valence-electron chi connectivity index (χ2n) is 6.50. The van der Waals surface area contributed by atoms with Gasteiger partial charge in [-0.25, -0.2) is 4.39 Å². The van der Waals surface area contributed by atoms with Gasteiger partial charge in [0.05, 0.1) is 11.7 Å². The van der Waals surface area contributed by atoms with E-state index in [0.717, 1.165) is 12.0 Å². The summed E-state index contributed by atoms with van der Waals surface area (Å²) in [5.74, 6) is -0.283. The Bertz CT molecular complexity index is 590. The minimum Gasteiger partial charge on any atom is -0.376 e. The molecule has 0 radical (unpaired) electrons. The van der Waals surface area contributed by atoms with Gasteiger partial charge in [0.2, 0.25) is 0 Å². The highest BCUT2D eigenvalue weighted by Crippen LogP contribution is 2.33. The monoisotopic (exact) mass is 305 g/mol. The van der Waals surface area contributed by atoms with Crippen LogP contribution in [0.5, 0.6) is 0 Å². The highest BCUT2D eigenvalue weighted by Gasteiger charge is 2.21. The molecule has 2 aromatic rings. The van der Waals surface area contributed by atoms with E-state index in [1.54, 1.807) is 12.1 Å². The fourth-order valence-corrected chi connectivity index (χ4v) is 2.52. The lowest BCUT2D eigenvalue weighted by Crippen LogP contribution is -2.19. The Morgan fingerprint density at radius 2 is 1.76 bits per heavy atom. The number of hydrogen-bond donors (Lipinski definition) is 1. The average molecular weight is 306 g/mol. The zero-order valence-corrected chi connectivity index (χ0v) is 13.4. The molecule has 0 heterocycles. The third kappa shape index (κ3) is 4.75. The van der Waals surface area contributed by atoms with Crippen LogP contribution in [0.3, 0.4) is 0 Å². The molecule has 0 aliphatic heterocycles. The third-order valence-electron chi connectivity index (χ3n) is 3.28. The summed E-state index contributed by atoms with van der Waals surface area (Å²) >= 11 is 5.97. The molecule has 1 nitrogen and oxygen atoms in total. The van der Waals surface area contributed by atoms with E-state index >= 15 is 0 Å². The van der Waals surface area contributed by atoms with Crippen molar-refractivity contribution in [1.29, 1.82) is 0 Å². The molecule has 1 unspecified atom stereocenters. The van der Waals surface area contributed by atoms with Crippen LogP contribution in [0, 0.1) is 11.2 Å². The molecule has 0 spiro atoms. The number of rotatable bonds is 4. The smallest absolute Gasteiger partial charge is 0.146 e. The van der Waals surface area contributed by atoms with Gasteiger partial charge in [-0.15, -0.1) is 0 Å². The van der Waals surface area contributed by atoms with Crippen molar-refractivity contribution in [3.8, 4) is 0 Å². The number of hydrogen-bond acceptors (Lipinski definition) is 1. The van der Waals surface area contributed by atoms with Crippen LogP contribution >= 0.6 is 11.6 Å². The standard InChI is InChI=1S/C18H21ClFN/c1-18(2,3)12-17(13-7-5-4-6-8-13)21-16-11-14(19)9-10-15(16)20/h4-11,17,21H,12H2,1-3H3. The molecule has 2 aromatic carbocycles. The highest BCUT2D eigenvalue weighted by atomic mass is 35.5. The second-order valence-corrected chi connectivity index (χ2v) is 6.93. The number of nitrogens with one attached hydrogen (secondary N) is 1. The maximum Gasteiger partial charge on any atom is 0.146 e. The lowest BCUT2D eigenvalue weighted by Gasteiger charge is -2.28. The molecule has 21 heavy (non-hydrogen) atoms. The number of halogens is 2. The Morgan fingerprint density at radius 3 is 2.38 bits per heavy atom. The fourth-order valence-electron chi connectivity index (χ4n) is 2.35. The van der Waals surface area contributed by atoms with Crippen LogP contribution < -0.4 is 5.32 Å². The van der Waals surface area contributed by atoms with E-state index in [-0.39, 0.29) is 17.3 Å². The van der Waals surface area contributed by atoms with Gasteiger partial charge in [-0.3, -0.25) is 0 Å². The number of anilines is 1. The average Bonchev–Trinajstić information content (AvgIpc) is 2.42. The Morgan fingerprint density at radius 1 is 1.10 bits per heavy atom. The summed E-state index contributed by atoms with van der Waals surface area (Å²) in [4.78, 5) is 0. The lowest BCUT2D eigenvalue weighted by molar-refractivity contribution is 0.352. The van der Waals surface area contributed by atoms with Gasteiger partial charge in [0.1, 0.15) is 5.82 Å². The Kier molecular flexibility index (Phi) is 4.89. The van der Waals surface area contributed by atoms with Crippen molar-refractivity contribution < 1.29 is 4.39 Å². The summed E-state index contributed by atoms with van der Waals surface area (Å²) in [6, 6.07) is 14.7. The van der Waals surface area contributed by atoms with Crippen molar-refractivity contribution >= 4 is 17.3 Å². The first-order chi connectivity index (χ1) is 9.85. The first kappa shape index (κ1) is 15.8. The van der Waals surface area contributed by atoms with E-state index in [1.807, 2.05) is 18.2 Å². The van der Waals surface area contributed by atoms with Crippen LogP contribution in [0.2, 0.25) is 5.02 Å². The fraction of sp³-hybridized carbons (Fsp3) is 0.333. The summed E-state index contributed by atoms with van der Waals surface area (Å²) in [5, 5.41) is 3.83. The molecule has 2 rings (SSSR count). The molecule has 0 bridgehead atoms. The first-order valence-corrected chi connectivity index (χ1v) is 7.49. The molecule has 0 fully saturated rings. The van der Waals surface area contributed by atoms with Crippen LogP contribution in [0.25, 0.3) is 0 Å². The lowest BCUT2D eigenvalue weighted by atomic mass is 9.85. The summed E-state index contributed by atoms with van der Waals surface area (Å²) in [5.41, 5.74) is 1.72. The zero-order valence-electron chi connectivity index (χ0n) is 12.7. The molecule has 1 atom stereocenters. The maximum atomic E-state index is 14.0. The van der Waals surface area contributed by atoms with Crippen LogP contribution in [-0.4, -0.2) is 0 Å². The van der Waals surface area contributed by atoms with E-state index < -0.39 is 0 Å². The van der Waals surface area contributed by atoms with Gasteiger partial charge in [-0.2, -0.15) is 0 Å². The van der Waals surface area contributed by atoms with E-state index in [2.05, 4.69) is 38.2 Å². The molecule has 0 aromatic heterocycles. The van der Waals surface area contributed by atoms with Gasteiger partial charge >= 0.3 is 0 Å². The zero-order chi connectivity index (χ0) is 15.5. The van der Waals surface area contributed by atoms with Crippen molar-refractivity contribution in [2.24, 2.45) is 5.41 Å². The molecule has 0 saturated carbocycles. The molecule has 0 saturated heterocycles. The van der Waals surface area contributed by atoms with Crippen molar-refractivity contribution in [2.75, 3.05) is 5.32 Å². The Hall–Kier alpha value is -1.54. The van der Waals surface area contributed by atoms with Gasteiger partial charge in [-0.1, -0.05) is 62.7 Å². The highest BCUT2D eigenvalue weighted by molar-refractivity contribution is 6.30. The number of benzene rings is 2. The second kappa shape index (κ2) is 6.48. The van der Waals surface area contributed by atoms with E-state index in [9.17, 15) is 4.39 Å². The molecule has 0 aliphatic carbocycles. The Labute approximate surface area is 131 Å². The third-order valence-corrected chi connectivity index (χ3v) is 3.51. The van der Waals surface area contributed by atoms with Crippen LogP contribution in [-0.2, 0) is 0 Å². The van der Waals surface area contributed by atoms with Crippen molar-refractivity contribution in [1.82, 2.24) is 0 Å². The quantitative estimate of drug-likeness (QED) is 0.723. The minimum atomic E-state index is -0.283. The summed E-state index contributed by atoms with van der Waals surface area (Å²) in [6.45, 7) is 6.54. The molecule has 3 heteroatoms. The van der Waals surface area contributed by atoms with Gasteiger partial charge in [0.25, 0.3) is 0 Å². The van der Waals surface area contributed by atoms with Gasteiger partial charge in [0.15, 0.2) is 0 Å². The Balaban J connectivity index is 2.30. The van der Waals surface area contributed by atoms with Crippen LogP contribution in [0.4, 0.5) is 10.1 Å². The van der Waals surface area contributed by atoms with Crippen molar-refractivity contribution in [3.63, 3.8) is 0 Å². The molecule has 112 valence electrons. The van der Waals surface area contributed by atoms with Crippen molar-refractivity contribution in [2.45, 2.75) is 33.2 Å². The van der Waals surface area contributed by atoms with Crippen molar-refractivity contribution in [3.05, 3.63) is 64.9 Å². The predicted molar refractivity (Wildman–Crippen MR) is 88.3 cm³/mol. The summed E-state index contributed by atoms with van der Waals surface area (Å²) in [7, 11) is 0. The molecular weight excluding hydrogens is 285 g/mol. The minimum absolute atomic E-state index is 0.0409. The summed E-state index contributed by atoms with van der Waals surface area (Å²) in [6.07, 6.45) is 0.892. The van der Waals surface area contributed by atoms with Gasteiger partial charge in [0, 0.05) is 5.02 Å². The van der Waals surface area contributed by atoms with E-state index in [1.165, 1.54) is 6.07 Å². The SMILES string of the molecule is CC(C)(C)CC(Nc1cc(Cl)ccc1F)c1ccccc1. The van der Waals surface area contributed by atoms with E-state index in [0.29, 0.717) is 10.7 Å². The molecule has 0 aliphatic rings. The first-order valence-electron chi connectivity index (χ1n) is 7.12. The van der Waals surface area contributed by atoms with Crippen LogP contribution in [0.15, 0.2) is 48.5 Å². The largest absolute Gasteiger partial charge is 0.376 e. The van der Waals surface area contributed by atoms with Gasteiger partial charge in [-0.05, 0) is 35.6 Å². The predicted octanol–water partition coefficient (Wildman–Crippen LogP) is 6.07. The topological polar surface area (TPSA) is 12.0 Å². The normalized spacial score (nSPS) is 13.0. The van der Waals surface area contributed by atoms with Gasteiger partial charge < -0.3 is 5.32 Å².